The topological polar surface area (TPSA) is 43.4 Å². The lowest BCUT2D eigenvalue weighted by Crippen LogP contribution is -2.08. The monoisotopic (exact) mass is 348 g/mol. The summed E-state index contributed by atoms with van der Waals surface area (Å²) in [5.41, 5.74) is 1.90. The molecule has 0 aliphatic carbocycles. The Bertz CT molecular complexity index is 749. The molecule has 0 fully saturated rings. The van der Waals surface area contributed by atoms with E-state index in [4.69, 9.17) is 4.18 Å². The van der Waals surface area contributed by atoms with Crippen LogP contribution >= 0.6 is 11.8 Å². The van der Waals surface area contributed by atoms with Crippen LogP contribution in [0.4, 0.5) is 0 Å². The van der Waals surface area contributed by atoms with Gasteiger partial charge in [0.25, 0.3) is 10.1 Å². The molecule has 2 aromatic carbocycles. The van der Waals surface area contributed by atoms with Gasteiger partial charge < -0.3 is 0 Å². The van der Waals surface area contributed by atoms with E-state index in [1.165, 1.54) is 4.90 Å². The number of rotatable bonds is 7. The molecule has 2 rings (SSSR count). The summed E-state index contributed by atoms with van der Waals surface area (Å²) >= 11 is 1.70. The lowest BCUT2D eigenvalue weighted by atomic mass is 10.2. The first kappa shape index (κ1) is 17.8. The molecule has 0 amide bonds. The molecule has 0 bridgehead atoms. The number of benzene rings is 2. The molecule has 3 nitrogen and oxygen atoms in total. The minimum absolute atomic E-state index is 0.0750. The zero-order chi connectivity index (χ0) is 16.7. The molecule has 2 aromatic rings. The van der Waals surface area contributed by atoms with Crippen molar-refractivity contribution in [2.24, 2.45) is 0 Å². The second kappa shape index (κ2) is 8.34. The van der Waals surface area contributed by atoms with Crippen LogP contribution in [-0.4, -0.2) is 20.8 Å². The predicted molar refractivity (Wildman–Crippen MR) is 95.2 cm³/mol. The van der Waals surface area contributed by atoms with Gasteiger partial charge in [0.2, 0.25) is 0 Å². The Hall–Kier alpha value is -1.56. The average Bonchev–Trinajstić information content (AvgIpc) is 2.54. The summed E-state index contributed by atoms with van der Waals surface area (Å²) in [6, 6.07) is 16.7. The largest absolute Gasteiger partial charge is 0.297 e. The molecule has 0 aromatic heterocycles. The second-order valence-corrected chi connectivity index (χ2v) is 7.91. The summed E-state index contributed by atoms with van der Waals surface area (Å²) in [6.07, 6.45) is 1.99. The summed E-state index contributed by atoms with van der Waals surface area (Å²) in [5, 5.41) is 0. The highest BCUT2D eigenvalue weighted by molar-refractivity contribution is 7.99. The van der Waals surface area contributed by atoms with Crippen molar-refractivity contribution in [1.29, 1.82) is 0 Å². The molecule has 0 radical (unpaired) electrons. The molecule has 0 aliphatic heterocycles. The van der Waals surface area contributed by atoms with Crippen molar-refractivity contribution in [3.05, 3.63) is 71.8 Å². The standard InChI is InChI=1S/C18H20O3S2/c1-15-8-10-18(11-9-15)23(19,20)21-14-16(2)12-13-22-17-6-4-3-5-7-17/h3-12H,13-14H2,1-2H3/b16-12+. The summed E-state index contributed by atoms with van der Waals surface area (Å²) in [5.74, 6) is 0.782. The van der Waals surface area contributed by atoms with Crippen molar-refractivity contribution in [2.45, 2.75) is 23.6 Å². The van der Waals surface area contributed by atoms with E-state index in [1.54, 1.807) is 36.0 Å². The van der Waals surface area contributed by atoms with Crippen LogP contribution in [0, 0.1) is 6.92 Å². The molecule has 0 saturated carbocycles. The molecule has 5 heteroatoms. The van der Waals surface area contributed by atoms with E-state index in [0.717, 1.165) is 16.9 Å². The maximum Gasteiger partial charge on any atom is 0.297 e. The average molecular weight is 348 g/mol. The van der Waals surface area contributed by atoms with Crippen molar-refractivity contribution in [3.8, 4) is 0 Å². The molecule has 0 atom stereocenters. The van der Waals surface area contributed by atoms with Gasteiger partial charge in [-0.15, -0.1) is 11.8 Å². The highest BCUT2D eigenvalue weighted by atomic mass is 32.2. The van der Waals surface area contributed by atoms with Gasteiger partial charge in [-0.25, -0.2) is 0 Å². The Labute approximate surface area is 142 Å². The first-order valence-corrected chi connectivity index (χ1v) is 9.66. The molecule has 0 unspecified atom stereocenters. The highest BCUT2D eigenvalue weighted by Crippen LogP contribution is 2.18. The van der Waals surface area contributed by atoms with Crippen LogP contribution in [0.3, 0.4) is 0 Å². The van der Waals surface area contributed by atoms with Crippen LogP contribution in [0.15, 0.2) is 76.0 Å². The maximum atomic E-state index is 12.1. The first-order valence-electron chi connectivity index (χ1n) is 7.27. The van der Waals surface area contributed by atoms with E-state index in [2.05, 4.69) is 0 Å². The van der Waals surface area contributed by atoms with Crippen molar-refractivity contribution in [2.75, 3.05) is 12.4 Å². The van der Waals surface area contributed by atoms with Crippen LogP contribution < -0.4 is 0 Å². The van der Waals surface area contributed by atoms with Crippen molar-refractivity contribution >= 4 is 21.9 Å². The Balaban J connectivity index is 1.86. The summed E-state index contributed by atoms with van der Waals surface area (Å²) in [6.45, 7) is 3.86. The third-order valence-corrected chi connectivity index (χ3v) is 5.39. The number of hydrogen-bond donors (Lipinski definition) is 0. The third kappa shape index (κ3) is 5.86. The summed E-state index contributed by atoms with van der Waals surface area (Å²) in [7, 11) is -3.70. The van der Waals surface area contributed by atoms with Gasteiger partial charge >= 0.3 is 0 Å². The highest BCUT2D eigenvalue weighted by Gasteiger charge is 2.14. The van der Waals surface area contributed by atoms with Crippen LogP contribution in [0.1, 0.15) is 12.5 Å². The van der Waals surface area contributed by atoms with Gasteiger partial charge in [0.15, 0.2) is 0 Å². The van der Waals surface area contributed by atoms with Crippen molar-refractivity contribution < 1.29 is 12.6 Å². The molecule has 0 N–H and O–H groups in total. The quantitative estimate of drug-likeness (QED) is 0.421. The summed E-state index contributed by atoms with van der Waals surface area (Å²) < 4.78 is 29.3. The third-order valence-electron chi connectivity index (χ3n) is 3.18. The fraction of sp³-hybridized carbons (Fsp3) is 0.222. The van der Waals surface area contributed by atoms with Gasteiger partial charge in [0, 0.05) is 10.6 Å². The Morgan fingerprint density at radius 1 is 1.09 bits per heavy atom. The van der Waals surface area contributed by atoms with Gasteiger partial charge in [-0.05, 0) is 43.7 Å². The van der Waals surface area contributed by atoms with Crippen molar-refractivity contribution in [3.63, 3.8) is 0 Å². The molecule has 0 spiro atoms. The van der Waals surface area contributed by atoms with E-state index < -0.39 is 10.1 Å². The normalized spacial score (nSPS) is 12.3. The maximum absolute atomic E-state index is 12.1. The molecule has 0 saturated heterocycles. The van der Waals surface area contributed by atoms with Gasteiger partial charge in [-0.3, -0.25) is 4.18 Å². The van der Waals surface area contributed by atoms with E-state index in [-0.39, 0.29) is 11.5 Å². The Morgan fingerprint density at radius 3 is 2.39 bits per heavy atom. The zero-order valence-corrected chi connectivity index (χ0v) is 14.9. The van der Waals surface area contributed by atoms with Gasteiger partial charge in [0.05, 0.1) is 11.5 Å². The minimum atomic E-state index is -3.70. The molecule has 0 aliphatic rings. The second-order valence-electron chi connectivity index (χ2n) is 5.20. The molecular weight excluding hydrogens is 328 g/mol. The smallest absolute Gasteiger partial charge is 0.262 e. The molecular formula is C18H20O3S2. The number of hydrogen-bond acceptors (Lipinski definition) is 4. The van der Waals surface area contributed by atoms with Crippen LogP contribution in [-0.2, 0) is 14.3 Å². The molecule has 0 heterocycles. The van der Waals surface area contributed by atoms with E-state index in [1.807, 2.05) is 50.3 Å². The summed E-state index contributed by atoms with van der Waals surface area (Å²) in [4.78, 5) is 1.37. The van der Waals surface area contributed by atoms with Gasteiger partial charge in [-0.1, -0.05) is 42.0 Å². The van der Waals surface area contributed by atoms with E-state index in [0.29, 0.717) is 0 Å². The van der Waals surface area contributed by atoms with Crippen LogP contribution in [0.25, 0.3) is 0 Å². The lowest BCUT2D eigenvalue weighted by molar-refractivity contribution is 0.348. The van der Waals surface area contributed by atoms with Gasteiger partial charge in [0.1, 0.15) is 0 Å². The zero-order valence-electron chi connectivity index (χ0n) is 13.2. The van der Waals surface area contributed by atoms with E-state index >= 15 is 0 Å². The van der Waals surface area contributed by atoms with Crippen LogP contribution in [0.5, 0.6) is 0 Å². The van der Waals surface area contributed by atoms with E-state index in [9.17, 15) is 8.42 Å². The predicted octanol–water partition coefficient (Wildman–Crippen LogP) is 4.44. The fourth-order valence-corrected chi connectivity index (χ4v) is 3.66. The van der Waals surface area contributed by atoms with Crippen LogP contribution in [0.2, 0.25) is 0 Å². The Morgan fingerprint density at radius 2 is 1.74 bits per heavy atom. The lowest BCUT2D eigenvalue weighted by Gasteiger charge is -2.06. The SMILES string of the molecule is C/C(=C\CSc1ccccc1)COS(=O)(=O)c1ccc(C)cc1. The number of aryl methyl sites for hydroxylation is 1. The Kier molecular flexibility index (Phi) is 6.45. The minimum Gasteiger partial charge on any atom is -0.262 e. The van der Waals surface area contributed by atoms with Crippen molar-refractivity contribution in [1.82, 2.24) is 0 Å². The molecule has 23 heavy (non-hydrogen) atoms. The fourth-order valence-electron chi connectivity index (χ4n) is 1.80. The number of thioether (sulfide) groups is 1. The molecule has 122 valence electrons. The first-order chi connectivity index (χ1) is 11.0. The van der Waals surface area contributed by atoms with Gasteiger partial charge in [-0.2, -0.15) is 8.42 Å².